The number of carbonyl (C=O) groups excluding carboxylic acids is 2. The number of aliphatic carboxylic acids is 1. The van der Waals surface area contributed by atoms with Crippen molar-refractivity contribution >= 4 is 11.9 Å². The molecule has 128 valence electrons. The molecule has 8 heteroatoms. The van der Waals surface area contributed by atoms with E-state index in [4.69, 9.17) is 9.84 Å². The van der Waals surface area contributed by atoms with E-state index in [1.54, 1.807) is 6.92 Å². The Morgan fingerprint density at radius 2 is 2.17 bits per heavy atom. The molecule has 3 aliphatic rings. The van der Waals surface area contributed by atoms with Crippen LogP contribution in [0.4, 0.5) is 0 Å². The second kappa shape index (κ2) is 7.85. The quantitative estimate of drug-likeness (QED) is 0.286. The van der Waals surface area contributed by atoms with Crippen molar-refractivity contribution < 1.29 is 59.2 Å². The van der Waals surface area contributed by atoms with Crippen LogP contribution in [0.2, 0.25) is 0 Å². The van der Waals surface area contributed by atoms with Crippen molar-refractivity contribution in [2.45, 2.75) is 50.9 Å². The summed E-state index contributed by atoms with van der Waals surface area (Å²) in [6.07, 6.45) is 1.68. The molecule has 1 saturated heterocycles. The molecule has 0 radical (unpaired) electrons. The van der Waals surface area contributed by atoms with Crippen LogP contribution in [0, 0.1) is 11.8 Å². The molecule has 2 N–H and O–H groups in total. The van der Waals surface area contributed by atoms with E-state index in [0.717, 1.165) is 12.8 Å². The van der Waals surface area contributed by atoms with Crippen molar-refractivity contribution in [3.63, 3.8) is 0 Å². The number of nitrogens with zero attached hydrogens (tertiary/aromatic N) is 1. The van der Waals surface area contributed by atoms with Crippen molar-refractivity contribution in [3.8, 4) is 0 Å². The molecule has 0 bridgehead atoms. The molecule has 2 heterocycles. The number of rotatable bonds is 6. The topological polar surface area (TPSA) is 110 Å². The molecule has 2 aliphatic heterocycles. The number of carboxylic acid groups (broad SMARTS) is 1. The molecule has 0 unspecified atom stereocenters. The Morgan fingerprint density at radius 3 is 2.75 bits per heavy atom. The summed E-state index contributed by atoms with van der Waals surface area (Å²) in [5, 5.41) is 30.4. The summed E-state index contributed by atoms with van der Waals surface area (Å²) in [5.41, 5.74) is 0.575. The summed E-state index contributed by atoms with van der Waals surface area (Å²) < 4.78 is 5.76. The van der Waals surface area contributed by atoms with Gasteiger partial charge in [0, 0.05) is 19.1 Å². The van der Waals surface area contributed by atoms with Crippen LogP contribution in [0.5, 0.6) is 0 Å². The third kappa shape index (κ3) is 3.06. The van der Waals surface area contributed by atoms with Crippen molar-refractivity contribution in [3.05, 3.63) is 11.3 Å². The number of carbonyl (C=O) groups is 2. The Kier molecular flexibility index (Phi) is 6.50. The van der Waals surface area contributed by atoms with E-state index in [-0.39, 0.29) is 65.8 Å². The normalized spacial score (nSPS) is 32.6. The summed E-state index contributed by atoms with van der Waals surface area (Å²) in [7, 11) is 0. The van der Waals surface area contributed by atoms with Crippen molar-refractivity contribution in [2.75, 3.05) is 13.2 Å². The zero-order chi connectivity index (χ0) is 16.7. The van der Waals surface area contributed by atoms with E-state index in [1.807, 2.05) is 0 Å². The number of carboxylic acids is 1. The molecule has 0 aromatic carbocycles. The predicted molar refractivity (Wildman–Crippen MR) is 76.6 cm³/mol. The molecular weight excluding hydrogens is 325 g/mol. The van der Waals surface area contributed by atoms with Gasteiger partial charge in [-0.05, 0) is 38.2 Å². The summed E-state index contributed by atoms with van der Waals surface area (Å²) >= 11 is 0. The van der Waals surface area contributed by atoms with Crippen LogP contribution in [0.25, 0.3) is 0 Å². The number of aliphatic hydroxyl groups is 2. The van der Waals surface area contributed by atoms with Gasteiger partial charge in [-0.3, -0.25) is 4.79 Å². The van der Waals surface area contributed by atoms with Gasteiger partial charge >= 0.3 is 29.6 Å². The molecule has 0 aromatic rings. The maximum Gasteiger partial charge on any atom is 1.00 e. The first-order chi connectivity index (χ1) is 11.0. The number of ether oxygens (including phenoxy) is 1. The standard InChI is InChI=1S/C16H23NO6.Na/c1-8(19)11-13-9-4-2-5-10(23-7-3-6-18)12(9)14(16(21)22)17(13)15(11)20;/h8-11,13,18-19H,2-7H2,1H3,(H,21,22);/q;+1/p-1/t8-,9+,10+,11-,13-;/m1./s1. The number of hydrogen-bond acceptors (Lipinski definition) is 6. The Bertz CT molecular complexity index is 549. The van der Waals surface area contributed by atoms with Crippen LogP contribution in [0.1, 0.15) is 32.6 Å². The molecule has 2 fully saturated rings. The third-order valence-corrected chi connectivity index (χ3v) is 5.18. The van der Waals surface area contributed by atoms with Gasteiger partial charge in [0.15, 0.2) is 0 Å². The van der Waals surface area contributed by atoms with Crippen LogP contribution in [-0.4, -0.2) is 58.5 Å². The van der Waals surface area contributed by atoms with E-state index < -0.39 is 18.0 Å². The van der Waals surface area contributed by atoms with Crippen molar-refractivity contribution in [1.82, 2.24) is 4.90 Å². The van der Waals surface area contributed by atoms with Gasteiger partial charge in [0.1, 0.15) is 0 Å². The van der Waals surface area contributed by atoms with E-state index in [0.29, 0.717) is 25.0 Å². The van der Waals surface area contributed by atoms with Crippen LogP contribution < -0.4 is 34.7 Å². The monoisotopic (exact) mass is 347 g/mol. The average molecular weight is 347 g/mol. The fraction of sp³-hybridized carbons (Fsp3) is 0.750. The molecular formula is C16H22NNaO6. The average Bonchev–Trinajstić information content (AvgIpc) is 2.79. The number of β-lactam (4-membered cyclic amide) rings is 1. The molecule has 1 saturated carbocycles. The molecule has 3 rings (SSSR count). The molecule has 7 nitrogen and oxygen atoms in total. The van der Waals surface area contributed by atoms with Crippen LogP contribution in [0.3, 0.4) is 0 Å². The van der Waals surface area contributed by atoms with Gasteiger partial charge in [0.25, 0.3) is 0 Å². The molecule has 0 spiro atoms. The Labute approximate surface area is 162 Å². The van der Waals surface area contributed by atoms with Crippen molar-refractivity contribution in [2.24, 2.45) is 11.8 Å². The first-order valence-electron chi connectivity index (χ1n) is 8.18. The maximum absolute atomic E-state index is 12.3. The van der Waals surface area contributed by atoms with Crippen LogP contribution >= 0.6 is 0 Å². The minimum Gasteiger partial charge on any atom is -0.543 e. The van der Waals surface area contributed by atoms with Gasteiger partial charge in [-0.1, -0.05) is 0 Å². The van der Waals surface area contributed by atoms with Crippen LogP contribution in [-0.2, 0) is 14.3 Å². The first kappa shape index (κ1) is 19.9. The Hall–Kier alpha value is -0.440. The van der Waals surface area contributed by atoms with Gasteiger partial charge < -0.3 is 29.8 Å². The summed E-state index contributed by atoms with van der Waals surface area (Å²) in [4.78, 5) is 25.2. The van der Waals surface area contributed by atoms with E-state index >= 15 is 0 Å². The molecule has 1 amide bonds. The van der Waals surface area contributed by atoms with Gasteiger partial charge in [0.2, 0.25) is 5.91 Å². The number of aliphatic hydroxyl groups excluding tert-OH is 2. The summed E-state index contributed by atoms with van der Waals surface area (Å²) in [5.74, 6) is -2.35. The number of hydrogen-bond donors (Lipinski definition) is 2. The van der Waals surface area contributed by atoms with Gasteiger partial charge in [-0.15, -0.1) is 0 Å². The maximum atomic E-state index is 12.3. The molecule has 24 heavy (non-hydrogen) atoms. The Balaban J connectivity index is 0.00000208. The van der Waals surface area contributed by atoms with Gasteiger partial charge in [-0.2, -0.15) is 0 Å². The third-order valence-electron chi connectivity index (χ3n) is 5.18. The van der Waals surface area contributed by atoms with Gasteiger partial charge in [0.05, 0.1) is 35.8 Å². The van der Waals surface area contributed by atoms with Crippen molar-refractivity contribution in [1.29, 1.82) is 0 Å². The van der Waals surface area contributed by atoms with E-state index in [9.17, 15) is 19.8 Å². The largest absolute Gasteiger partial charge is 1.00 e. The second-order valence-electron chi connectivity index (χ2n) is 6.53. The minimum atomic E-state index is -1.36. The SMILES string of the molecule is C[C@@H](O)[C@H]1C(=O)N2C(C(=O)[O-])=C3[C@@H](OCCCO)CCC[C@@H]3[C@H]12.[Na+]. The molecule has 1 aliphatic carbocycles. The summed E-state index contributed by atoms with van der Waals surface area (Å²) in [6, 6.07) is -0.297. The smallest absolute Gasteiger partial charge is 0.543 e. The second-order valence-corrected chi connectivity index (χ2v) is 6.53. The fourth-order valence-corrected chi connectivity index (χ4v) is 4.29. The summed E-state index contributed by atoms with van der Waals surface area (Å²) in [6.45, 7) is 1.92. The van der Waals surface area contributed by atoms with Gasteiger partial charge in [-0.25, -0.2) is 0 Å². The Morgan fingerprint density at radius 1 is 1.46 bits per heavy atom. The number of amides is 1. The number of fused-ring (bicyclic) bond motifs is 3. The zero-order valence-electron chi connectivity index (χ0n) is 14.1. The van der Waals surface area contributed by atoms with E-state index in [1.165, 1.54) is 4.90 Å². The zero-order valence-corrected chi connectivity index (χ0v) is 16.1. The molecule has 0 aromatic heterocycles. The minimum absolute atomic E-state index is 0. The first-order valence-corrected chi connectivity index (χ1v) is 8.18. The molecule has 5 atom stereocenters. The van der Waals surface area contributed by atoms with E-state index in [2.05, 4.69) is 0 Å². The fourth-order valence-electron chi connectivity index (χ4n) is 4.29. The van der Waals surface area contributed by atoms with Crippen LogP contribution in [0.15, 0.2) is 11.3 Å². The predicted octanol–water partition coefficient (Wildman–Crippen LogP) is -4.22.